The summed E-state index contributed by atoms with van der Waals surface area (Å²) in [4.78, 5) is 12.5. The summed E-state index contributed by atoms with van der Waals surface area (Å²) in [7, 11) is 0. The SMILES string of the molecule is C=CCOc1nc(N)c2ncn([C@H]3CC(O)[C@@H](CO)O3)c2n1. The van der Waals surface area contributed by atoms with Crippen LogP contribution in [0.5, 0.6) is 6.01 Å². The highest BCUT2D eigenvalue weighted by Crippen LogP contribution is 2.31. The number of anilines is 1. The number of aromatic nitrogens is 4. The second-order valence-electron chi connectivity index (χ2n) is 4.93. The van der Waals surface area contributed by atoms with Crippen LogP contribution >= 0.6 is 0 Å². The van der Waals surface area contributed by atoms with Gasteiger partial charge >= 0.3 is 6.01 Å². The summed E-state index contributed by atoms with van der Waals surface area (Å²) >= 11 is 0. The van der Waals surface area contributed by atoms with Gasteiger partial charge in [0.25, 0.3) is 0 Å². The Morgan fingerprint density at radius 2 is 2.36 bits per heavy atom. The summed E-state index contributed by atoms with van der Waals surface area (Å²) < 4.78 is 12.5. The van der Waals surface area contributed by atoms with Gasteiger partial charge in [0.1, 0.15) is 18.9 Å². The van der Waals surface area contributed by atoms with Gasteiger partial charge < -0.3 is 25.4 Å². The largest absolute Gasteiger partial charge is 0.459 e. The molecule has 3 rings (SSSR count). The van der Waals surface area contributed by atoms with E-state index in [0.717, 1.165) is 0 Å². The van der Waals surface area contributed by atoms with Crippen molar-refractivity contribution in [2.45, 2.75) is 24.9 Å². The Bertz CT molecular complexity index is 688. The van der Waals surface area contributed by atoms with Crippen molar-refractivity contribution >= 4 is 17.0 Å². The molecule has 1 aliphatic rings. The fraction of sp³-hybridized carbons (Fsp3) is 0.462. The van der Waals surface area contributed by atoms with Crippen molar-refractivity contribution in [3.63, 3.8) is 0 Å². The number of nitrogens with zero attached hydrogens (tertiary/aromatic N) is 4. The van der Waals surface area contributed by atoms with Crippen LogP contribution in [0.3, 0.4) is 0 Å². The van der Waals surface area contributed by atoms with Gasteiger partial charge in [0.15, 0.2) is 17.0 Å². The minimum atomic E-state index is -0.747. The zero-order chi connectivity index (χ0) is 15.7. The summed E-state index contributed by atoms with van der Waals surface area (Å²) in [5, 5.41) is 19.0. The number of hydrogen-bond donors (Lipinski definition) is 3. The molecule has 1 unspecified atom stereocenters. The van der Waals surface area contributed by atoms with Gasteiger partial charge in [-0.3, -0.25) is 4.57 Å². The summed E-state index contributed by atoms with van der Waals surface area (Å²) in [5.41, 5.74) is 6.73. The molecule has 0 amide bonds. The molecule has 0 aromatic carbocycles. The summed E-state index contributed by atoms with van der Waals surface area (Å²) in [5.74, 6) is 0.195. The molecule has 2 aromatic rings. The molecule has 0 spiro atoms. The van der Waals surface area contributed by atoms with Crippen LogP contribution in [0.25, 0.3) is 11.2 Å². The summed E-state index contributed by atoms with van der Waals surface area (Å²) in [6.45, 7) is 3.56. The van der Waals surface area contributed by atoms with Gasteiger partial charge in [-0.25, -0.2) is 4.98 Å². The van der Waals surface area contributed by atoms with E-state index in [1.54, 1.807) is 10.6 Å². The number of nitrogens with two attached hydrogens (primary N) is 1. The first-order valence-electron chi connectivity index (χ1n) is 6.82. The Morgan fingerprint density at radius 1 is 1.55 bits per heavy atom. The average Bonchev–Trinajstić information content (AvgIpc) is 3.08. The van der Waals surface area contributed by atoms with Crippen LogP contribution in [-0.4, -0.2) is 55.2 Å². The molecule has 9 nitrogen and oxygen atoms in total. The first-order chi connectivity index (χ1) is 10.6. The predicted octanol–water partition coefficient (Wildman–Crippen LogP) is -0.386. The highest BCUT2D eigenvalue weighted by molar-refractivity contribution is 5.82. The molecular formula is C13H17N5O4. The van der Waals surface area contributed by atoms with E-state index in [2.05, 4.69) is 21.5 Å². The van der Waals surface area contributed by atoms with Crippen LogP contribution < -0.4 is 10.5 Å². The molecule has 0 bridgehead atoms. The minimum Gasteiger partial charge on any atom is -0.459 e. The van der Waals surface area contributed by atoms with Gasteiger partial charge in [0.2, 0.25) is 0 Å². The number of rotatable bonds is 5. The van der Waals surface area contributed by atoms with Crippen molar-refractivity contribution in [3.8, 4) is 6.01 Å². The third-order valence-corrected chi connectivity index (χ3v) is 3.45. The van der Waals surface area contributed by atoms with E-state index in [1.807, 2.05) is 0 Å². The van der Waals surface area contributed by atoms with E-state index >= 15 is 0 Å². The number of imidazole rings is 1. The van der Waals surface area contributed by atoms with E-state index < -0.39 is 18.4 Å². The van der Waals surface area contributed by atoms with Gasteiger partial charge in [0, 0.05) is 6.42 Å². The fourth-order valence-electron chi connectivity index (χ4n) is 2.38. The molecule has 118 valence electrons. The van der Waals surface area contributed by atoms with Crippen molar-refractivity contribution in [2.75, 3.05) is 18.9 Å². The van der Waals surface area contributed by atoms with Crippen LogP contribution in [-0.2, 0) is 4.74 Å². The Labute approximate surface area is 126 Å². The molecule has 3 atom stereocenters. The zero-order valence-corrected chi connectivity index (χ0v) is 11.8. The highest BCUT2D eigenvalue weighted by atomic mass is 16.5. The molecule has 4 N–H and O–H groups in total. The van der Waals surface area contributed by atoms with E-state index in [0.29, 0.717) is 17.6 Å². The predicted molar refractivity (Wildman–Crippen MR) is 77.0 cm³/mol. The van der Waals surface area contributed by atoms with E-state index in [-0.39, 0.29) is 25.0 Å². The second-order valence-corrected chi connectivity index (χ2v) is 4.93. The van der Waals surface area contributed by atoms with Gasteiger partial charge in [-0.05, 0) is 0 Å². The van der Waals surface area contributed by atoms with E-state index in [1.165, 1.54) is 6.33 Å². The lowest BCUT2D eigenvalue weighted by Gasteiger charge is -2.13. The smallest absolute Gasteiger partial charge is 0.320 e. The quantitative estimate of drug-likeness (QED) is 0.637. The Balaban J connectivity index is 1.96. The van der Waals surface area contributed by atoms with Gasteiger partial charge in [-0.15, -0.1) is 0 Å². The van der Waals surface area contributed by atoms with Crippen molar-refractivity contribution in [2.24, 2.45) is 0 Å². The molecule has 1 saturated heterocycles. The van der Waals surface area contributed by atoms with Crippen molar-refractivity contribution in [1.29, 1.82) is 0 Å². The van der Waals surface area contributed by atoms with Crippen LogP contribution in [0.1, 0.15) is 12.6 Å². The highest BCUT2D eigenvalue weighted by Gasteiger charge is 2.35. The third-order valence-electron chi connectivity index (χ3n) is 3.45. The minimum absolute atomic E-state index is 0.115. The number of aliphatic hydroxyl groups excluding tert-OH is 2. The lowest BCUT2D eigenvalue weighted by atomic mass is 10.2. The number of nitrogen functional groups attached to an aromatic ring is 1. The lowest BCUT2D eigenvalue weighted by Crippen LogP contribution is -2.24. The van der Waals surface area contributed by atoms with Gasteiger partial charge in [-0.1, -0.05) is 12.7 Å². The van der Waals surface area contributed by atoms with E-state index in [9.17, 15) is 5.11 Å². The van der Waals surface area contributed by atoms with Crippen LogP contribution in [0.2, 0.25) is 0 Å². The average molecular weight is 307 g/mol. The first-order valence-corrected chi connectivity index (χ1v) is 6.82. The number of aliphatic hydroxyl groups is 2. The fourth-order valence-corrected chi connectivity index (χ4v) is 2.38. The topological polar surface area (TPSA) is 129 Å². The molecule has 22 heavy (non-hydrogen) atoms. The van der Waals surface area contributed by atoms with Crippen LogP contribution in [0.4, 0.5) is 5.82 Å². The molecule has 0 radical (unpaired) electrons. The van der Waals surface area contributed by atoms with Crippen molar-refractivity contribution in [3.05, 3.63) is 19.0 Å². The lowest BCUT2D eigenvalue weighted by molar-refractivity contribution is -0.0432. The standard InChI is InChI=1S/C13H17N5O4/c1-2-3-21-13-16-11(14)10-12(17-13)18(6-15-10)9-4-7(20)8(5-19)22-9/h2,6-9,19-20H,1,3-5H2,(H2,14,16,17)/t7?,8-,9-/m1/s1. The molecule has 0 saturated carbocycles. The number of ether oxygens (including phenoxy) is 2. The maximum atomic E-state index is 9.84. The van der Waals surface area contributed by atoms with Crippen LogP contribution in [0.15, 0.2) is 19.0 Å². The monoisotopic (exact) mass is 307 g/mol. The Morgan fingerprint density at radius 3 is 3.05 bits per heavy atom. The zero-order valence-electron chi connectivity index (χ0n) is 11.8. The summed E-state index contributed by atoms with van der Waals surface area (Å²) in [6.07, 6.45) is 1.55. The number of hydrogen-bond acceptors (Lipinski definition) is 8. The first kappa shape index (κ1) is 14.7. The molecule has 0 aliphatic carbocycles. The van der Waals surface area contributed by atoms with Crippen molar-refractivity contribution < 1.29 is 19.7 Å². The van der Waals surface area contributed by atoms with Gasteiger partial charge in [-0.2, -0.15) is 9.97 Å². The normalized spacial score (nSPS) is 24.7. The Hall–Kier alpha value is -2.23. The Kier molecular flexibility index (Phi) is 3.92. The molecule has 1 fully saturated rings. The van der Waals surface area contributed by atoms with Crippen molar-refractivity contribution in [1.82, 2.24) is 19.5 Å². The maximum absolute atomic E-state index is 9.84. The molecule has 9 heteroatoms. The molecule has 2 aromatic heterocycles. The molecule has 3 heterocycles. The molecule has 1 aliphatic heterocycles. The maximum Gasteiger partial charge on any atom is 0.320 e. The van der Waals surface area contributed by atoms with Gasteiger partial charge in [0.05, 0.1) is 19.0 Å². The summed E-state index contributed by atoms with van der Waals surface area (Å²) in [6, 6.07) is 0.115. The van der Waals surface area contributed by atoms with E-state index in [4.69, 9.17) is 20.3 Å². The third kappa shape index (κ3) is 2.49. The second kappa shape index (κ2) is 5.87. The molecular weight excluding hydrogens is 290 g/mol. The van der Waals surface area contributed by atoms with Crippen LogP contribution in [0, 0.1) is 0 Å². The number of fused-ring (bicyclic) bond motifs is 1.